The number of halogens is 2. The molecule has 1 fully saturated rings. The van der Waals surface area contributed by atoms with Gasteiger partial charge >= 0.3 is 0 Å². The molecule has 1 aliphatic carbocycles. The van der Waals surface area contributed by atoms with Gasteiger partial charge in [0.05, 0.1) is 15.6 Å². The molecule has 4 nitrogen and oxygen atoms in total. The summed E-state index contributed by atoms with van der Waals surface area (Å²) in [7, 11) is -3.78. The minimum atomic E-state index is -3.78. The number of hydrogen-bond donors (Lipinski definition) is 2. The summed E-state index contributed by atoms with van der Waals surface area (Å²) in [5.74, 6) is 0. The molecule has 2 rings (SSSR count). The average Bonchev–Trinajstić information content (AvgIpc) is 2.41. The van der Waals surface area contributed by atoms with E-state index in [2.05, 4.69) is 4.72 Å². The van der Waals surface area contributed by atoms with Gasteiger partial charge in [-0.05, 0) is 25.0 Å². The number of rotatable bonds is 4. The molecule has 0 saturated heterocycles. The number of sulfonamides is 1. The van der Waals surface area contributed by atoms with Gasteiger partial charge in [0.15, 0.2) is 0 Å². The summed E-state index contributed by atoms with van der Waals surface area (Å²) in [6, 6.07) is 4.44. The summed E-state index contributed by atoms with van der Waals surface area (Å²) in [5.41, 5.74) is -0.962. The zero-order valence-corrected chi connectivity index (χ0v) is 13.2. The molecule has 1 aromatic carbocycles. The van der Waals surface area contributed by atoms with Gasteiger partial charge in [-0.15, -0.1) is 0 Å². The molecule has 0 atom stereocenters. The van der Waals surface area contributed by atoms with Crippen LogP contribution < -0.4 is 4.72 Å². The van der Waals surface area contributed by atoms with Gasteiger partial charge < -0.3 is 5.11 Å². The third-order valence-corrected chi connectivity index (χ3v) is 5.96. The Bertz CT molecular complexity index is 583. The van der Waals surface area contributed by atoms with Crippen LogP contribution >= 0.6 is 23.2 Å². The summed E-state index contributed by atoms with van der Waals surface area (Å²) in [5, 5.41) is 10.5. The topological polar surface area (TPSA) is 66.4 Å². The van der Waals surface area contributed by atoms with Crippen molar-refractivity contribution < 1.29 is 13.5 Å². The van der Waals surface area contributed by atoms with E-state index >= 15 is 0 Å². The van der Waals surface area contributed by atoms with E-state index in [1.54, 1.807) is 0 Å². The van der Waals surface area contributed by atoms with Crippen LogP contribution in [0.3, 0.4) is 0 Å². The van der Waals surface area contributed by atoms with Crippen molar-refractivity contribution in [2.45, 2.75) is 42.6 Å². The molecule has 0 amide bonds. The van der Waals surface area contributed by atoms with Gasteiger partial charge in [0.1, 0.15) is 4.90 Å². The summed E-state index contributed by atoms with van der Waals surface area (Å²) >= 11 is 11.7. The average molecular weight is 338 g/mol. The van der Waals surface area contributed by atoms with Crippen molar-refractivity contribution in [3.05, 3.63) is 28.2 Å². The number of hydrogen-bond acceptors (Lipinski definition) is 3. The Kier molecular flexibility index (Phi) is 4.97. The van der Waals surface area contributed by atoms with Crippen LogP contribution in [-0.4, -0.2) is 25.7 Å². The molecule has 1 aromatic rings. The van der Waals surface area contributed by atoms with Crippen LogP contribution in [-0.2, 0) is 10.0 Å². The van der Waals surface area contributed by atoms with E-state index in [9.17, 15) is 13.5 Å². The Morgan fingerprint density at radius 3 is 2.50 bits per heavy atom. The standard InChI is InChI=1S/C13H17Cl2NO3S/c14-10-5-4-6-11(12(10)15)20(18,19)16-9-13(17)7-2-1-3-8-13/h4-6,16-17H,1-3,7-9H2. The Labute approximate surface area is 129 Å². The van der Waals surface area contributed by atoms with Crippen LogP contribution in [0.15, 0.2) is 23.1 Å². The Balaban J connectivity index is 2.13. The van der Waals surface area contributed by atoms with Crippen molar-refractivity contribution in [2.24, 2.45) is 0 Å². The lowest BCUT2D eigenvalue weighted by Crippen LogP contribution is -2.44. The maximum Gasteiger partial charge on any atom is 0.242 e. The zero-order valence-electron chi connectivity index (χ0n) is 10.9. The molecule has 7 heteroatoms. The first-order valence-corrected chi connectivity index (χ1v) is 8.74. The molecule has 0 heterocycles. The third-order valence-electron chi connectivity index (χ3n) is 3.58. The molecule has 0 radical (unpaired) electrons. The molecule has 1 aliphatic rings. The fraction of sp³-hybridized carbons (Fsp3) is 0.538. The highest BCUT2D eigenvalue weighted by Gasteiger charge is 2.31. The second kappa shape index (κ2) is 6.20. The van der Waals surface area contributed by atoms with Crippen molar-refractivity contribution in [3.8, 4) is 0 Å². The van der Waals surface area contributed by atoms with Gasteiger partial charge in [-0.2, -0.15) is 0 Å². The predicted molar refractivity (Wildman–Crippen MR) is 79.7 cm³/mol. The highest BCUT2D eigenvalue weighted by Crippen LogP contribution is 2.30. The first kappa shape index (κ1) is 16.0. The van der Waals surface area contributed by atoms with Gasteiger partial charge in [0, 0.05) is 6.54 Å². The molecule has 112 valence electrons. The van der Waals surface area contributed by atoms with Crippen molar-refractivity contribution in [1.82, 2.24) is 4.72 Å². The van der Waals surface area contributed by atoms with Gasteiger partial charge in [0.25, 0.3) is 0 Å². The normalized spacial score (nSPS) is 18.9. The summed E-state index contributed by atoms with van der Waals surface area (Å²) < 4.78 is 26.9. The SMILES string of the molecule is O=S(=O)(NCC1(O)CCCCC1)c1cccc(Cl)c1Cl. The van der Waals surface area contributed by atoms with E-state index in [4.69, 9.17) is 23.2 Å². The molecule has 0 unspecified atom stereocenters. The van der Waals surface area contributed by atoms with Crippen LogP contribution in [0.25, 0.3) is 0 Å². The van der Waals surface area contributed by atoms with Crippen LogP contribution in [0, 0.1) is 0 Å². The van der Waals surface area contributed by atoms with E-state index < -0.39 is 15.6 Å². The van der Waals surface area contributed by atoms with E-state index in [-0.39, 0.29) is 21.5 Å². The molecule has 0 spiro atoms. The summed E-state index contributed by atoms with van der Waals surface area (Å²) in [6.45, 7) is -0.00181. The molecule has 20 heavy (non-hydrogen) atoms. The zero-order chi connectivity index (χ0) is 14.8. The van der Waals surface area contributed by atoms with Gasteiger partial charge in [-0.3, -0.25) is 0 Å². The van der Waals surface area contributed by atoms with Crippen LogP contribution in [0.4, 0.5) is 0 Å². The quantitative estimate of drug-likeness (QED) is 0.887. The smallest absolute Gasteiger partial charge is 0.242 e. The van der Waals surface area contributed by atoms with Gasteiger partial charge in [-0.25, -0.2) is 13.1 Å². The van der Waals surface area contributed by atoms with Crippen molar-refractivity contribution >= 4 is 33.2 Å². The molecular formula is C13H17Cl2NO3S. The first-order chi connectivity index (χ1) is 9.34. The second-order valence-electron chi connectivity index (χ2n) is 5.16. The molecular weight excluding hydrogens is 321 g/mol. The van der Waals surface area contributed by atoms with Crippen molar-refractivity contribution in [3.63, 3.8) is 0 Å². The van der Waals surface area contributed by atoms with Crippen LogP contribution in [0.1, 0.15) is 32.1 Å². The Morgan fingerprint density at radius 1 is 1.20 bits per heavy atom. The van der Waals surface area contributed by atoms with E-state index in [1.807, 2.05) is 0 Å². The highest BCUT2D eigenvalue weighted by molar-refractivity contribution is 7.89. The Hall–Kier alpha value is -0.330. The van der Waals surface area contributed by atoms with Gasteiger partial charge in [-0.1, -0.05) is 48.5 Å². The van der Waals surface area contributed by atoms with Crippen LogP contribution in [0.2, 0.25) is 10.0 Å². The maximum absolute atomic E-state index is 12.2. The fourth-order valence-corrected chi connectivity index (χ4v) is 4.26. The first-order valence-electron chi connectivity index (χ1n) is 6.50. The number of aliphatic hydroxyl groups is 1. The van der Waals surface area contributed by atoms with Crippen LogP contribution in [0.5, 0.6) is 0 Å². The molecule has 0 aromatic heterocycles. The maximum atomic E-state index is 12.2. The van der Waals surface area contributed by atoms with E-state index in [0.717, 1.165) is 19.3 Å². The number of nitrogens with one attached hydrogen (secondary N) is 1. The lowest BCUT2D eigenvalue weighted by atomic mass is 9.85. The van der Waals surface area contributed by atoms with Gasteiger partial charge in [0.2, 0.25) is 10.0 Å². The predicted octanol–water partition coefficient (Wildman–Crippen LogP) is 2.97. The summed E-state index contributed by atoms with van der Waals surface area (Å²) in [6.07, 6.45) is 4.12. The van der Waals surface area contributed by atoms with Crippen molar-refractivity contribution in [1.29, 1.82) is 0 Å². The second-order valence-corrected chi connectivity index (χ2v) is 7.68. The molecule has 2 N–H and O–H groups in total. The Morgan fingerprint density at radius 2 is 1.85 bits per heavy atom. The number of benzene rings is 1. The van der Waals surface area contributed by atoms with Crippen molar-refractivity contribution in [2.75, 3.05) is 6.54 Å². The van der Waals surface area contributed by atoms with E-state index in [1.165, 1.54) is 18.2 Å². The van der Waals surface area contributed by atoms with E-state index in [0.29, 0.717) is 12.8 Å². The lowest BCUT2D eigenvalue weighted by molar-refractivity contribution is 0.00945. The summed E-state index contributed by atoms with van der Waals surface area (Å²) in [4.78, 5) is -0.0638. The minimum Gasteiger partial charge on any atom is -0.389 e. The molecule has 0 aliphatic heterocycles. The molecule has 1 saturated carbocycles. The minimum absolute atomic E-state index is 0.00181. The molecule has 0 bridgehead atoms. The third kappa shape index (κ3) is 3.65. The highest BCUT2D eigenvalue weighted by atomic mass is 35.5. The largest absolute Gasteiger partial charge is 0.389 e. The fourth-order valence-electron chi connectivity index (χ4n) is 2.39. The monoisotopic (exact) mass is 337 g/mol. The lowest BCUT2D eigenvalue weighted by Gasteiger charge is -2.32.